The first-order valence-corrected chi connectivity index (χ1v) is 6.92. The van der Waals surface area contributed by atoms with Gasteiger partial charge in [0.1, 0.15) is 6.61 Å². The number of hydrogen-bond donors (Lipinski definition) is 0. The van der Waals surface area contributed by atoms with E-state index in [0.717, 1.165) is 12.1 Å². The van der Waals surface area contributed by atoms with Gasteiger partial charge in [0.25, 0.3) is 9.05 Å². The van der Waals surface area contributed by atoms with Crippen LogP contribution in [-0.4, -0.2) is 15.0 Å². The highest BCUT2D eigenvalue weighted by Gasteiger charge is 2.16. The number of halogens is 3. The van der Waals surface area contributed by atoms with Crippen molar-refractivity contribution in [1.82, 2.24) is 0 Å². The second-order valence-corrected chi connectivity index (χ2v) is 6.03. The van der Waals surface area contributed by atoms with Crippen LogP contribution in [0.15, 0.2) is 17.0 Å². The van der Waals surface area contributed by atoms with Gasteiger partial charge in [-0.3, -0.25) is 0 Å². The molecule has 7 heteroatoms. The van der Waals surface area contributed by atoms with Crippen LogP contribution in [0.25, 0.3) is 0 Å². The highest BCUT2D eigenvalue weighted by Crippen LogP contribution is 2.36. The molecule has 0 aliphatic rings. The highest BCUT2D eigenvalue weighted by atomic mass is 35.7. The summed E-state index contributed by atoms with van der Waals surface area (Å²) in [7, 11) is 1.26. The van der Waals surface area contributed by atoms with Gasteiger partial charge in [-0.25, -0.2) is 8.42 Å². The predicted molar refractivity (Wildman–Crippen MR) is 63.8 cm³/mol. The zero-order valence-electron chi connectivity index (χ0n) is 7.71. The zero-order chi connectivity index (χ0) is 12.3. The molecule has 0 amide bonds. The molecular formula is C9H5Cl3O3S. The minimum absolute atomic E-state index is 0.0214. The van der Waals surface area contributed by atoms with E-state index in [1.807, 2.05) is 0 Å². The molecule has 86 valence electrons. The van der Waals surface area contributed by atoms with E-state index in [9.17, 15) is 8.42 Å². The van der Waals surface area contributed by atoms with Crippen molar-refractivity contribution in [3.8, 4) is 18.1 Å². The largest absolute Gasteiger partial charge is 0.478 e. The molecule has 1 aromatic carbocycles. The Balaban J connectivity index is 3.24. The van der Waals surface area contributed by atoms with Crippen LogP contribution in [0.2, 0.25) is 10.0 Å². The summed E-state index contributed by atoms with van der Waals surface area (Å²) in [6.07, 6.45) is 5.00. The Labute approximate surface area is 108 Å². The van der Waals surface area contributed by atoms with E-state index >= 15 is 0 Å². The van der Waals surface area contributed by atoms with Gasteiger partial charge in [-0.05, 0) is 12.1 Å². The average molecular weight is 300 g/mol. The maximum Gasteiger partial charge on any atom is 0.261 e. The maximum atomic E-state index is 11.0. The molecule has 1 rings (SSSR count). The molecule has 0 bridgehead atoms. The summed E-state index contributed by atoms with van der Waals surface area (Å²) >= 11 is 11.6. The number of terminal acetylenes is 1. The normalized spacial score (nSPS) is 10.9. The fourth-order valence-corrected chi connectivity index (χ4v) is 2.44. The van der Waals surface area contributed by atoms with Gasteiger partial charge in [-0.15, -0.1) is 6.42 Å². The van der Waals surface area contributed by atoms with Crippen LogP contribution in [-0.2, 0) is 9.05 Å². The summed E-state index contributed by atoms with van der Waals surface area (Å²) in [4.78, 5) is -0.197. The lowest BCUT2D eigenvalue weighted by Crippen LogP contribution is -1.97. The molecule has 0 saturated heterocycles. The summed E-state index contributed by atoms with van der Waals surface area (Å²) in [5, 5.41) is 0.0592. The van der Waals surface area contributed by atoms with Gasteiger partial charge in [-0.1, -0.05) is 29.1 Å². The van der Waals surface area contributed by atoms with Crippen LogP contribution >= 0.6 is 33.9 Å². The third-order valence-electron chi connectivity index (χ3n) is 1.55. The molecule has 1 aromatic rings. The lowest BCUT2D eigenvalue weighted by atomic mass is 10.3. The van der Waals surface area contributed by atoms with Gasteiger partial charge in [0, 0.05) is 10.7 Å². The van der Waals surface area contributed by atoms with Gasteiger partial charge in [0.2, 0.25) is 0 Å². The third kappa shape index (κ3) is 3.19. The predicted octanol–water partition coefficient (Wildman–Crippen LogP) is 2.93. The summed E-state index contributed by atoms with van der Waals surface area (Å²) < 4.78 is 27.1. The Morgan fingerprint density at radius 1 is 1.31 bits per heavy atom. The Morgan fingerprint density at radius 3 is 2.19 bits per heavy atom. The van der Waals surface area contributed by atoms with E-state index in [1.54, 1.807) is 0 Å². The van der Waals surface area contributed by atoms with Crippen molar-refractivity contribution in [1.29, 1.82) is 0 Å². The minimum atomic E-state index is -3.88. The van der Waals surface area contributed by atoms with Crippen LogP contribution in [0.3, 0.4) is 0 Å². The van der Waals surface area contributed by atoms with Crippen molar-refractivity contribution >= 4 is 42.9 Å². The van der Waals surface area contributed by atoms with Gasteiger partial charge in [-0.2, -0.15) is 0 Å². The van der Waals surface area contributed by atoms with Crippen LogP contribution in [0.5, 0.6) is 5.75 Å². The smallest absolute Gasteiger partial charge is 0.261 e. The zero-order valence-corrected chi connectivity index (χ0v) is 10.8. The molecule has 0 heterocycles. The van der Waals surface area contributed by atoms with Crippen molar-refractivity contribution in [2.75, 3.05) is 6.61 Å². The SMILES string of the molecule is C#CCOc1c(Cl)cc(S(=O)(=O)Cl)cc1Cl. The van der Waals surface area contributed by atoms with Crippen molar-refractivity contribution in [2.24, 2.45) is 0 Å². The number of hydrogen-bond acceptors (Lipinski definition) is 3. The summed E-state index contributed by atoms with van der Waals surface area (Å²) in [6, 6.07) is 2.28. The van der Waals surface area contributed by atoms with E-state index in [0.29, 0.717) is 0 Å². The monoisotopic (exact) mass is 298 g/mol. The first-order chi connectivity index (χ1) is 7.36. The first-order valence-electron chi connectivity index (χ1n) is 3.86. The summed E-state index contributed by atoms with van der Waals surface area (Å²) in [5.41, 5.74) is 0. The van der Waals surface area contributed by atoms with E-state index in [4.69, 9.17) is 45.0 Å². The summed E-state index contributed by atoms with van der Waals surface area (Å²) in [5.74, 6) is 2.36. The molecule has 0 atom stereocenters. The highest BCUT2D eigenvalue weighted by molar-refractivity contribution is 8.13. The maximum absolute atomic E-state index is 11.0. The number of ether oxygens (including phenoxy) is 1. The third-order valence-corrected chi connectivity index (χ3v) is 3.45. The Morgan fingerprint density at radius 2 is 1.81 bits per heavy atom. The molecule has 0 radical (unpaired) electrons. The average Bonchev–Trinajstić information content (AvgIpc) is 2.15. The number of rotatable bonds is 3. The van der Waals surface area contributed by atoms with Gasteiger partial charge >= 0.3 is 0 Å². The van der Waals surface area contributed by atoms with E-state index in [-0.39, 0.29) is 27.3 Å². The second-order valence-electron chi connectivity index (χ2n) is 2.65. The van der Waals surface area contributed by atoms with Crippen molar-refractivity contribution < 1.29 is 13.2 Å². The van der Waals surface area contributed by atoms with Crippen LogP contribution in [0, 0.1) is 12.3 Å². The Bertz CT molecular complexity index is 523. The molecule has 0 fully saturated rings. The number of benzene rings is 1. The van der Waals surface area contributed by atoms with E-state index in [2.05, 4.69) is 5.92 Å². The first kappa shape index (κ1) is 13.5. The van der Waals surface area contributed by atoms with E-state index < -0.39 is 9.05 Å². The lowest BCUT2D eigenvalue weighted by Gasteiger charge is -2.08. The molecule has 16 heavy (non-hydrogen) atoms. The van der Waals surface area contributed by atoms with Crippen molar-refractivity contribution in [3.05, 3.63) is 22.2 Å². The molecule has 0 unspecified atom stereocenters. The van der Waals surface area contributed by atoms with Gasteiger partial charge in [0.15, 0.2) is 5.75 Å². The van der Waals surface area contributed by atoms with Crippen LogP contribution < -0.4 is 4.74 Å². The fraction of sp³-hybridized carbons (Fsp3) is 0.111. The minimum Gasteiger partial charge on any atom is -0.478 e. The van der Waals surface area contributed by atoms with Crippen molar-refractivity contribution in [2.45, 2.75) is 4.90 Å². The molecule has 0 aliphatic heterocycles. The molecule has 0 spiro atoms. The van der Waals surface area contributed by atoms with Gasteiger partial charge < -0.3 is 4.74 Å². The molecule has 0 aliphatic carbocycles. The Hall–Kier alpha value is -0.600. The molecular weight excluding hydrogens is 295 g/mol. The molecule has 0 N–H and O–H groups in total. The molecule has 0 saturated carbocycles. The lowest BCUT2D eigenvalue weighted by molar-refractivity contribution is 0.370. The Kier molecular flexibility index (Phi) is 4.34. The second kappa shape index (κ2) is 5.15. The topological polar surface area (TPSA) is 43.4 Å². The van der Waals surface area contributed by atoms with Crippen molar-refractivity contribution in [3.63, 3.8) is 0 Å². The summed E-state index contributed by atoms with van der Waals surface area (Å²) in [6.45, 7) is -0.0214. The standard InChI is InChI=1S/C9H5Cl3O3S/c1-2-3-15-9-7(10)4-6(5-8(9)11)16(12,13)14/h1,4-5H,3H2. The fourth-order valence-electron chi connectivity index (χ4n) is 0.929. The van der Waals surface area contributed by atoms with E-state index in [1.165, 1.54) is 0 Å². The van der Waals surface area contributed by atoms with Crippen LogP contribution in [0.4, 0.5) is 0 Å². The quantitative estimate of drug-likeness (QED) is 0.636. The van der Waals surface area contributed by atoms with Crippen LogP contribution in [0.1, 0.15) is 0 Å². The molecule has 0 aromatic heterocycles. The van der Waals surface area contributed by atoms with Gasteiger partial charge in [0.05, 0.1) is 14.9 Å². The molecule has 3 nitrogen and oxygen atoms in total.